The minimum Gasteiger partial charge on any atom is -0.497 e. The summed E-state index contributed by atoms with van der Waals surface area (Å²) in [4.78, 5) is 0. The number of benzene rings is 1. The Balaban J connectivity index is 2.20. The highest BCUT2D eigenvalue weighted by Crippen LogP contribution is 2.21. The first-order valence-corrected chi connectivity index (χ1v) is 7.67. The minimum atomic E-state index is 0.620. The van der Waals surface area contributed by atoms with E-state index in [-0.39, 0.29) is 0 Å². The predicted molar refractivity (Wildman–Crippen MR) is 93.7 cm³/mol. The Kier molecular flexibility index (Phi) is 5.38. The lowest BCUT2D eigenvalue weighted by molar-refractivity contribution is 0.414. The highest BCUT2D eigenvalue weighted by molar-refractivity contribution is 7.80. The zero-order valence-corrected chi connectivity index (χ0v) is 14.3. The van der Waals surface area contributed by atoms with E-state index in [4.69, 9.17) is 17.0 Å². The number of ether oxygens (including phenoxy) is 1. The maximum absolute atomic E-state index is 5.26. The smallest absolute Gasteiger partial charge is 0.170 e. The topological polar surface area (TPSA) is 51.1 Å². The van der Waals surface area contributed by atoms with Gasteiger partial charge in [0.2, 0.25) is 0 Å². The predicted octanol–water partition coefficient (Wildman–Crippen LogP) is 2.86. The van der Waals surface area contributed by atoms with E-state index in [1.165, 1.54) is 0 Å². The average Bonchev–Trinajstić information content (AvgIpc) is 2.75. The van der Waals surface area contributed by atoms with Crippen molar-refractivity contribution in [3.8, 4) is 5.75 Å². The molecule has 6 heteroatoms. The minimum absolute atomic E-state index is 0.620. The first-order chi connectivity index (χ1) is 10.5. The van der Waals surface area contributed by atoms with Crippen LogP contribution in [0.15, 0.2) is 24.3 Å². The van der Waals surface area contributed by atoms with E-state index in [0.29, 0.717) is 11.7 Å². The molecule has 118 valence electrons. The van der Waals surface area contributed by atoms with Gasteiger partial charge in [-0.3, -0.25) is 4.68 Å². The maximum atomic E-state index is 5.26. The molecule has 0 fully saturated rings. The van der Waals surface area contributed by atoms with Gasteiger partial charge < -0.3 is 15.4 Å². The van der Waals surface area contributed by atoms with E-state index in [1.807, 2.05) is 43.7 Å². The molecule has 0 amide bonds. The molecule has 1 heterocycles. The van der Waals surface area contributed by atoms with Gasteiger partial charge >= 0.3 is 0 Å². The van der Waals surface area contributed by atoms with Crippen LogP contribution in [0.3, 0.4) is 0 Å². The summed E-state index contributed by atoms with van der Waals surface area (Å²) in [6.07, 6.45) is 0. The summed E-state index contributed by atoms with van der Waals surface area (Å²) >= 11 is 5.25. The molecular weight excluding hydrogens is 296 g/mol. The molecule has 1 aromatic heterocycles. The van der Waals surface area contributed by atoms with E-state index < -0.39 is 0 Å². The largest absolute Gasteiger partial charge is 0.497 e. The normalized spacial score (nSPS) is 10.4. The number of rotatable bonds is 5. The molecular formula is C16H22N4OS. The maximum Gasteiger partial charge on any atom is 0.170 e. The summed E-state index contributed by atoms with van der Waals surface area (Å²) in [6.45, 7) is 7.52. The first-order valence-electron chi connectivity index (χ1n) is 7.27. The van der Waals surface area contributed by atoms with E-state index in [0.717, 1.165) is 34.9 Å². The van der Waals surface area contributed by atoms with Gasteiger partial charge in [-0.05, 0) is 50.7 Å². The summed E-state index contributed by atoms with van der Waals surface area (Å²) < 4.78 is 7.24. The van der Waals surface area contributed by atoms with Crippen LogP contribution in [0.4, 0.5) is 5.69 Å². The molecule has 0 spiro atoms. The molecule has 0 saturated carbocycles. The van der Waals surface area contributed by atoms with Crippen LogP contribution in [0.5, 0.6) is 5.75 Å². The van der Waals surface area contributed by atoms with Gasteiger partial charge in [-0.25, -0.2) is 0 Å². The van der Waals surface area contributed by atoms with Gasteiger partial charge in [0.15, 0.2) is 5.11 Å². The van der Waals surface area contributed by atoms with Gasteiger partial charge in [0.25, 0.3) is 0 Å². The lowest BCUT2D eigenvalue weighted by Gasteiger charge is -2.10. The number of aryl methyl sites for hydroxylation is 1. The van der Waals surface area contributed by atoms with E-state index in [9.17, 15) is 0 Å². The fraction of sp³-hybridized carbons (Fsp3) is 0.375. The van der Waals surface area contributed by atoms with Crippen LogP contribution in [-0.2, 0) is 6.54 Å². The number of methoxy groups -OCH3 is 1. The van der Waals surface area contributed by atoms with E-state index in [2.05, 4.69) is 21.8 Å². The summed E-state index contributed by atoms with van der Waals surface area (Å²) in [5.41, 5.74) is 4.10. The number of hydrogen-bond donors (Lipinski definition) is 2. The Bertz CT molecular complexity index is 666. The molecule has 1 aromatic carbocycles. The number of hydrogen-bond acceptors (Lipinski definition) is 3. The Morgan fingerprint density at radius 2 is 2.14 bits per heavy atom. The Morgan fingerprint density at radius 3 is 2.82 bits per heavy atom. The molecule has 0 aliphatic heterocycles. The molecule has 0 atom stereocenters. The summed E-state index contributed by atoms with van der Waals surface area (Å²) in [7, 11) is 1.67. The second kappa shape index (κ2) is 7.26. The Hall–Kier alpha value is -2.08. The van der Waals surface area contributed by atoms with Gasteiger partial charge in [0.05, 0.1) is 30.7 Å². The van der Waals surface area contributed by atoms with Crippen molar-refractivity contribution in [2.45, 2.75) is 27.3 Å². The van der Waals surface area contributed by atoms with Gasteiger partial charge in [-0.1, -0.05) is 12.1 Å². The quantitative estimate of drug-likeness (QED) is 0.830. The molecule has 0 unspecified atom stereocenters. The summed E-state index contributed by atoms with van der Waals surface area (Å²) in [6, 6.07) is 8.01. The van der Waals surface area contributed by atoms with Crippen molar-refractivity contribution in [1.29, 1.82) is 0 Å². The van der Waals surface area contributed by atoms with Crippen molar-refractivity contribution in [2.75, 3.05) is 19.0 Å². The van der Waals surface area contributed by atoms with Crippen molar-refractivity contribution < 1.29 is 4.74 Å². The fourth-order valence-corrected chi connectivity index (χ4v) is 2.54. The number of anilines is 1. The molecule has 0 radical (unpaired) electrons. The molecule has 2 N–H and O–H groups in total. The molecule has 22 heavy (non-hydrogen) atoms. The molecule has 0 saturated heterocycles. The zero-order valence-electron chi connectivity index (χ0n) is 13.4. The van der Waals surface area contributed by atoms with E-state index in [1.54, 1.807) is 7.11 Å². The van der Waals surface area contributed by atoms with Crippen LogP contribution >= 0.6 is 12.2 Å². The van der Waals surface area contributed by atoms with E-state index >= 15 is 0 Å². The molecule has 0 bridgehead atoms. The van der Waals surface area contributed by atoms with Gasteiger partial charge in [0, 0.05) is 6.54 Å². The first kappa shape index (κ1) is 16.3. The highest BCUT2D eigenvalue weighted by Gasteiger charge is 2.13. The van der Waals surface area contributed by atoms with Crippen molar-refractivity contribution in [3.63, 3.8) is 0 Å². The number of thiocarbonyl (C=S) groups is 1. The molecule has 2 rings (SSSR count). The van der Waals surface area contributed by atoms with Crippen LogP contribution < -0.4 is 15.4 Å². The van der Waals surface area contributed by atoms with Gasteiger partial charge in [-0.2, -0.15) is 5.10 Å². The second-order valence-corrected chi connectivity index (χ2v) is 5.45. The highest BCUT2D eigenvalue weighted by atomic mass is 32.1. The number of aromatic nitrogens is 2. The Morgan fingerprint density at radius 1 is 1.36 bits per heavy atom. The summed E-state index contributed by atoms with van der Waals surface area (Å²) in [5, 5.41) is 11.5. The van der Waals surface area contributed by atoms with Crippen molar-refractivity contribution in [1.82, 2.24) is 15.1 Å². The molecule has 0 aliphatic rings. The van der Waals surface area contributed by atoms with Crippen molar-refractivity contribution >= 4 is 23.0 Å². The summed E-state index contributed by atoms with van der Waals surface area (Å²) in [5.74, 6) is 0.853. The Labute approximate surface area is 136 Å². The van der Waals surface area contributed by atoms with Crippen LogP contribution in [-0.4, -0.2) is 28.5 Å². The monoisotopic (exact) mass is 318 g/mol. The van der Waals surface area contributed by atoms with Crippen molar-refractivity contribution in [2.24, 2.45) is 0 Å². The second-order valence-electron chi connectivity index (χ2n) is 5.04. The standard InChI is InChI=1S/C16H22N4OS/c1-5-17-16(22)18-15-11(2)19-20(12(15)3)10-13-7-6-8-14(9-13)21-4/h6-9H,5,10H2,1-4H3,(H2,17,18,22). The molecule has 5 nitrogen and oxygen atoms in total. The van der Waals surface area contributed by atoms with Gasteiger partial charge in [0.1, 0.15) is 5.75 Å². The molecule has 2 aromatic rings. The number of nitrogens with one attached hydrogen (secondary N) is 2. The van der Waals surface area contributed by atoms with Crippen LogP contribution in [0, 0.1) is 13.8 Å². The lowest BCUT2D eigenvalue weighted by Crippen LogP contribution is -2.28. The third-order valence-corrected chi connectivity index (χ3v) is 3.67. The SMILES string of the molecule is CCNC(=S)Nc1c(C)nn(Cc2cccc(OC)c2)c1C. The van der Waals surface area contributed by atoms with Crippen LogP contribution in [0.25, 0.3) is 0 Å². The number of nitrogens with zero attached hydrogens (tertiary/aromatic N) is 2. The third-order valence-electron chi connectivity index (χ3n) is 3.42. The van der Waals surface area contributed by atoms with Gasteiger partial charge in [-0.15, -0.1) is 0 Å². The van der Waals surface area contributed by atoms with Crippen LogP contribution in [0.1, 0.15) is 23.9 Å². The van der Waals surface area contributed by atoms with Crippen molar-refractivity contribution in [3.05, 3.63) is 41.2 Å². The molecule has 0 aliphatic carbocycles. The van der Waals surface area contributed by atoms with Crippen LogP contribution in [0.2, 0.25) is 0 Å². The average molecular weight is 318 g/mol. The fourth-order valence-electron chi connectivity index (χ4n) is 2.29. The zero-order chi connectivity index (χ0) is 16.1. The lowest BCUT2D eigenvalue weighted by atomic mass is 10.2. The third kappa shape index (κ3) is 3.76.